The molecule has 0 amide bonds. The number of hydrogen-bond acceptors (Lipinski definition) is 2. The van der Waals surface area contributed by atoms with Gasteiger partial charge in [0.1, 0.15) is 12.4 Å². The number of carboxylic acid groups (broad SMARTS) is 1. The first-order valence-corrected chi connectivity index (χ1v) is 7.34. The molecule has 23 heavy (non-hydrogen) atoms. The van der Waals surface area contributed by atoms with Crippen LogP contribution in [0.15, 0.2) is 61.2 Å². The van der Waals surface area contributed by atoms with Crippen molar-refractivity contribution in [1.82, 2.24) is 0 Å². The Hall–Kier alpha value is -2.99. The molecular weight excluding hydrogens is 288 g/mol. The van der Waals surface area contributed by atoms with Crippen molar-refractivity contribution >= 4 is 5.97 Å². The van der Waals surface area contributed by atoms with Gasteiger partial charge in [0, 0.05) is 17.5 Å². The van der Waals surface area contributed by atoms with Gasteiger partial charge < -0.3 is 9.84 Å². The first kappa shape index (κ1) is 16.4. The fourth-order valence-electron chi connectivity index (χ4n) is 1.97. The highest BCUT2D eigenvalue weighted by Crippen LogP contribution is 2.13. The third-order valence-electron chi connectivity index (χ3n) is 3.13. The van der Waals surface area contributed by atoms with Crippen LogP contribution in [0.5, 0.6) is 5.75 Å². The molecule has 0 aliphatic heterocycles. The molecule has 0 aromatic heterocycles. The number of carbonyl (C=O) groups is 1. The average molecular weight is 306 g/mol. The van der Waals surface area contributed by atoms with Crippen molar-refractivity contribution in [2.45, 2.75) is 12.8 Å². The maximum absolute atomic E-state index is 10.6. The lowest BCUT2D eigenvalue weighted by molar-refractivity contribution is -0.136. The van der Waals surface area contributed by atoms with Crippen molar-refractivity contribution in [3.8, 4) is 17.6 Å². The van der Waals surface area contributed by atoms with Crippen LogP contribution in [0.25, 0.3) is 0 Å². The summed E-state index contributed by atoms with van der Waals surface area (Å²) in [5, 5.41) is 8.68. The minimum absolute atomic E-state index is 0.141. The number of ether oxygens (including phenoxy) is 1. The Bertz CT molecular complexity index is 733. The molecule has 0 heterocycles. The van der Waals surface area contributed by atoms with Crippen LogP contribution in [0.1, 0.15) is 23.1 Å². The van der Waals surface area contributed by atoms with Crippen LogP contribution < -0.4 is 4.74 Å². The molecule has 3 nitrogen and oxygen atoms in total. The van der Waals surface area contributed by atoms with Crippen molar-refractivity contribution in [2.24, 2.45) is 0 Å². The monoisotopic (exact) mass is 306 g/mol. The van der Waals surface area contributed by atoms with Gasteiger partial charge in [0.05, 0.1) is 0 Å². The normalized spacial score (nSPS) is 9.57. The highest BCUT2D eigenvalue weighted by atomic mass is 16.5. The molecule has 0 radical (unpaired) electrons. The smallest absolute Gasteiger partial charge is 0.303 e. The van der Waals surface area contributed by atoms with E-state index < -0.39 is 5.97 Å². The first-order chi connectivity index (χ1) is 11.2. The molecule has 0 atom stereocenters. The molecule has 3 heteroatoms. The van der Waals surface area contributed by atoms with Gasteiger partial charge in [0.15, 0.2) is 0 Å². The van der Waals surface area contributed by atoms with Crippen LogP contribution in [-0.2, 0) is 11.2 Å². The lowest BCUT2D eigenvalue weighted by Gasteiger charge is -2.02. The van der Waals surface area contributed by atoms with Gasteiger partial charge in [0.25, 0.3) is 0 Å². The third-order valence-corrected chi connectivity index (χ3v) is 3.13. The van der Waals surface area contributed by atoms with Crippen LogP contribution in [0.2, 0.25) is 0 Å². The summed E-state index contributed by atoms with van der Waals surface area (Å²) < 4.78 is 5.48. The van der Waals surface area contributed by atoms with Crippen LogP contribution in [0.3, 0.4) is 0 Å². The second-order valence-electron chi connectivity index (χ2n) is 4.97. The zero-order valence-electron chi connectivity index (χ0n) is 12.8. The zero-order chi connectivity index (χ0) is 16.5. The van der Waals surface area contributed by atoms with Gasteiger partial charge in [-0.25, -0.2) is 0 Å². The molecule has 1 N–H and O–H groups in total. The van der Waals surface area contributed by atoms with Crippen LogP contribution >= 0.6 is 0 Å². The van der Waals surface area contributed by atoms with Gasteiger partial charge in [-0.3, -0.25) is 4.79 Å². The fraction of sp³-hybridized carbons (Fsp3) is 0.150. The first-order valence-electron chi connectivity index (χ1n) is 7.34. The summed E-state index contributed by atoms with van der Waals surface area (Å²) in [7, 11) is 0. The maximum Gasteiger partial charge on any atom is 0.303 e. The van der Waals surface area contributed by atoms with E-state index in [9.17, 15) is 4.79 Å². The number of carboxylic acids is 1. The summed E-state index contributed by atoms with van der Waals surface area (Å²) in [6.07, 6.45) is 2.37. The Balaban J connectivity index is 2.03. The summed E-state index contributed by atoms with van der Waals surface area (Å²) in [5.41, 5.74) is 2.76. The van der Waals surface area contributed by atoms with Crippen molar-refractivity contribution in [1.29, 1.82) is 0 Å². The van der Waals surface area contributed by atoms with Crippen LogP contribution in [0.4, 0.5) is 0 Å². The maximum atomic E-state index is 10.6. The second kappa shape index (κ2) is 8.45. The van der Waals surface area contributed by atoms with E-state index in [-0.39, 0.29) is 6.42 Å². The van der Waals surface area contributed by atoms with Crippen LogP contribution in [-0.4, -0.2) is 17.7 Å². The Kier molecular flexibility index (Phi) is 6.02. The average Bonchev–Trinajstić information content (AvgIpc) is 2.57. The molecule has 2 aromatic carbocycles. The van der Waals surface area contributed by atoms with E-state index in [1.165, 1.54) is 0 Å². The van der Waals surface area contributed by atoms with Gasteiger partial charge in [-0.15, -0.1) is 0 Å². The highest BCUT2D eigenvalue weighted by molar-refractivity contribution is 5.67. The van der Waals surface area contributed by atoms with E-state index in [1.807, 2.05) is 48.5 Å². The molecule has 116 valence electrons. The minimum Gasteiger partial charge on any atom is -0.490 e. The van der Waals surface area contributed by atoms with Gasteiger partial charge in [0.2, 0.25) is 0 Å². The van der Waals surface area contributed by atoms with Crippen molar-refractivity contribution < 1.29 is 14.6 Å². The predicted molar refractivity (Wildman–Crippen MR) is 90.5 cm³/mol. The minimum atomic E-state index is -0.785. The predicted octanol–water partition coefficient (Wildman–Crippen LogP) is 3.67. The summed E-state index contributed by atoms with van der Waals surface area (Å²) in [6, 6.07) is 15.2. The SMILES string of the molecule is C=CCOc1cccc(C#Cc2ccc(CCC(=O)O)cc2)c1. The lowest BCUT2D eigenvalue weighted by Crippen LogP contribution is -1.97. The Morgan fingerprint density at radius 1 is 1.13 bits per heavy atom. The fourth-order valence-corrected chi connectivity index (χ4v) is 1.97. The highest BCUT2D eigenvalue weighted by Gasteiger charge is 1.99. The summed E-state index contributed by atoms with van der Waals surface area (Å²) >= 11 is 0. The molecule has 2 aromatic rings. The van der Waals surface area contributed by atoms with Crippen LogP contribution in [0, 0.1) is 11.8 Å². The molecule has 0 spiro atoms. The molecule has 2 rings (SSSR count). The van der Waals surface area contributed by atoms with Crippen molar-refractivity contribution in [2.75, 3.05) is 6.61 Å². The quantitative estimate of drug-likeness (QED) is 0.654. The molecule has 0 unspecified atom stereocenters. The molecule has 0 saturated carbocycles. The molecule has 0 saturated heterocycles. The Morgan fingerprint density at radius 2 is 1.87 bits per heavy atom. The molecule has 0 aliphatic rings. The van der Waals surface area contributed by atoms with Gasteiger partial charge in [-0.05, 0) is 42.3 Å². The lowest BCUT2D eigenvalue weighted by atomic mass is 10.1. The second-order valence-corrected chi connectivity index (χ2v) is 4.97. The van der Waals surface area contributed by atoms with E-state index in [0.29, 0.717) is 13.0 Å². The number of hydrogen-bond donors (Lipinski definition) is 1. The largest absolute Gasteiger partial charge is 0.490 e. The van der Waals surface area contributed by atoms with E-state index in [2.05, 4.69) is 18.4 Å². The molecule has 0 bridgehead atoms. The zero-order valence-corrected chi connectivity index (χ0v) is 12.8. The number of aliphatic carboxylic acids is 1. The van der Waals surface area contributed by atoms with E-state index >= 15 is 0 Å². The number of rotatable bonds is 6. The Morgan fingerprint density at radius 3 is 2.57 bits per heavy atom. The molecule has 0 aliphatic carbocycles. The van der Waals surface area contributed by atoms with Gasteiger partial charge >= 0.3 is 5.97 Å². The van der Waals surface area contributed by atoms with Crippen molar-refractivity contribution in [3.05, 3.63) is 77.9 Å². The van der Waals surface area contributed by atoms with E-state index in [4.69, 9.17) is 9.84 Å². The topological polar surface area (TPSA) is 46.5 Å². The number of aryl methyl sites for hydroxylation is 1. The van der Waals surface area contributed by atoms with Gasteiger partial charge in [-0.1, -0.05) is 42.7 Å². The number of benzene rings is 2. The van der Waals surface area contributed by atoms with Crippen molar-refractivity contribution in [3.63, 3.8) is 0 Å². The molecule has 0 fully saturated rings. The standard InChI is InChI=1S/C20H18O3/c1-2-14-23-19-5-3-4-18(15-19)11-10-16-6-8-17(9-7-16)12-13-20(21)22/h2-9,15H,1,12-14H2,(H,21,22). The van der Waals surface area contributed by atoms with E-state index in [0.717, 1.165) is 22.4 Å². The molecular formula is C20H18O3. The summed E-state index contributed by atoms with van der Waals surface area (Å²) in [4.78, 5) is 10.6. The van der Waals surface area contributed by atoms with Gasteiger partial charge in [-0.2, -0.15) is 0 Å². The third kappa shape index (κ3) is 5.72. The summed E-state index contributed by atoms with van der Waals surface area (Å²) in [5.74, 6) is 6.17. The summed E-state index contributed by atoms with van der Waals surface area (Å²) in [6.45, 7) is 4.09. The Labute approximate surface area is 136 Å². The van der Waals surface area contributed by atoms with E-state index in [1.54, 1.807) is 6.08 Å².